The van der Waals surface area contributed by atoms with Gasteiger partial charge in [0.2, 0.25) is 5.12 Å². The van der Waals surface area contributed by atoms with E-state index in [0.29, 0.717) is 17.7 Å². The highest BCUT2D eigenvalue weighted by molar-refractivity contribution is 8.15. The summed E-state index contributed by atoms with van der Waals surface area (Å²) >= 11 is 7.50. The Bertz CT molecular complexity index is 980. The number of hydrogen-bond donors (Lipinski definition) is 0. The lowest BCUT2D eigenvalue weighted by molar-refractivity contribution is -0.107. The van der Waals surface area contributed by atoms with Crippen molar-refractivity contribution in [3.05, 3.63) is 46.8 Å². The molecule has 2 aliphatic rings. The van der Waals surface area contributed by atoms with E-state index in [9.17, 15) is 4.79 Å². The van der Waals surface area contributed by atoms with Crippen LogP contribution in [0.5, 0.6) is 0 Å². The van der Waals surface area contributed by atoms with E-state index in [1.165, 1.54) is 17.4 Å². The van der Waals surface area contributed by atoms with Crippen molar-refractivity contribution >= 4 is 45.1 Å². The summed E-state index contributed by atoms with van der Waals surface area (Å²) in [4.78, 5) is 21.3. The molecule has 0 aliphatic carbocycles. The Morgan fingerprint density at radius 2 is 2.10 bits per heavy atom. The number of hydrogen-bond acceptors (Lipinski definition) is 6. The molecule has 2 aliphatic heterocycles. The first-order valence-electron chi connectivity index (χ1n) is 10.5. The summed E-state index contributed by atoms with van der Waals surface area (Å²) in [5.74, 6) is 0.857. The highest BCUT2D eigenvalue weighted by atomic mass is 35.5. The van der Waals surface area contributed by atoms with Gasteiger partial charge in [-0.05, 0) is 51.5 Å². The van der Waals surface area contributed by atoms with Crippen molar-refractivity contribution in [2.24, 2.45) is 0 Å². The molecule has 7 heteroatoms. The normalized spacial score (nSPS) is 21.9. The topological polar surface area (TPSA) is 45.7 Å². The maximum Gasteiger partial charge on any atom is 0.219 e. The molecule has 3 heterocycles. The second kappa shape index (κ2) is 9.16. The van der Waals surface area contributed by atoms with Gasteiger partial charge in [-0.3, -0.25) is 14.7 Å². The van der Waals surface area contributed by atoms with E-state index in [2.05, 4.69) is 33.8 Å². The van der Waals surface area contributed by atoms with Gasteiger partial charge in [-0.15, -0.1) is 0 Å². The molecule has 1 fully saturated rings. The molecule has 4 rings (SSSR count). The molecule has 5 nitrogen and oxygen atoms in total. The van der Waals surface area contributed by atoms with Crippen LogP contribution in [0, 0.1) is 0 Å². The number of benzene rings is 1. The van der Waals surface area contributed by atoms with Crippen molar-refractivity contribution in [2.75, 3.05) is 37.7 Å². The monoisotopic (exact) mass is 445 g/mol. The maximum atomic E-state index is 11.9. The summed E-state index contributed by atoms with van der Waals surface area (Å²) < 4.78 is 6.10. The Kier molecular flexibility index (Phi) is 6.56. The molecule has 0 amide bonds. The van der Waals surface area contributed by atoms with Crippen LogP contribution in [0.15, 0.2) is 41.8 Å². The van der Waals surface area contributed by atoms with Gasteiger partial charge >= 0.3 is 0 Å². The van der Waals surface area contributed by atoms with Crippen molar-refractivity contribution < 1.29 is 9.53 Å². The zero-order valence-corrected chi connectivity index (χ0v) is 19.3. The van der Waals surface area contributed by atoms with E-state index in [0.717, 1.165) is 54.8 Å². The van der Waals surface area contributed by atoms with Gasteiger partial charge in [0.15, 0.2) is 0 Å². The fourth-order valence-corrected chi connectivity index (χ4v) is 5.37. The Hall–Kier alpha value is -1.76. The SMILES string of the molecule is CC1=C(OCC(C)N2CCCN(c3ccnc4cc(Cl)ccc34)CC2)C(C)SC1=O. The lowest BCUT2D eigenvalue weighted by atomic mass is 10.1. The van der Waals surface area contributed by atoms with Crippen LogP contribution in [0.25, 0.3) is 10.9 Å². The van der Waals surface area contributed by atoms with Crippen LogP contribution < -0.4 is 4.90 Å². The lowest BCUT2D eigenvalue weighted by Gasteiger charge is -2.29. The molecule has 0 N–H and O–H groups in total. The molecular formula is C23H28ClN3O2S. The van der Waals surface area contributed by atoms with Gasteiger partial charge in [-0.25, -0.2) is 0 Å². The van der Waals surface area contributed by atoms with E-state index in [-0.39, 0.29) is 10.4 Å². The Labute approximate surface area is 187 Å². The van der Waals surface area contributed by atoms with Crippen molar-refractivity contribution in [1.29, 1.82) is 0 Å². The molecule has 1 aromatic heterocycles. The minimum Gasteiger partial charge on any atom is -0.495 e. The number of carbonyl (C=O) groups is 1. The number of rotatable bonds is 5. The molecule has 1 saturated heterocycles. The van der Waals surface area contributed by atoms with E-state index < -0.39 is 0 Å². The third-order valence-corrected chi connectivity index (χ3v) is 7.31. The minimum absolute atomic E-state index is 0.123. The zero-order chi connectivity index (χ0) is 21.3. The molecule has 0 saturated carbocycles. The Morgan fingerprint density at radius 1 is 1.27 bits per heavy atom. The van der Waals surface area contributed by atoms with Crippen molar-refractivity contribution in [3.63, 3.8) is 0 Å². The number of carbonyl (C=O) groups excluding carboxylic acids is 1. The number of pyridine rings is 1. The fraction of sp³-hybridized carbons (Fsp3) is 0.478. The van der Waals surface area contributed by atoms with E-state index in [1.54, 1.807) is 0 Å². The summed E-state index contributed by atoms with van der Waals surface area (Å²) in [5.41, 5.74) is 2.93. The first kappa shape index (κ1) is 21.5. The standard InChI is InChI=1S/C23H28ClN3O2S/c1-15(14-29-22-16(2)23(28)30-17(22)3)26-9-4-10-27(12-11-26)21-7-8-25-20-13-18(24)5-6-19(20)21/h5-8,13,15,17H,4,9-12,14H2,1-3H3. The number of thioether (sulfide) groups is 1. The van der Waals surface area contributed by atoms with Gasteiger partial charge in [0.25, 0.3) is 0 Å². The third-order valence-electron chi connectivity index (χ3n) is 5.99. The van der Waals surface area contributed by atoms with Crippen LogP contribution in [0.1, 0.15) is 27.2 Å². The van der Waals surface area contributed by atoms with Gasteiger partial charge in [-0.2, -0.15) is 0 Å². The predicted molar refractivity (Wildman–Crippen MR) is 125 cm³/mol. The molecule has 1 aromatic carbocycles. The van der Waals surface area contributed by atoms with Crippen molar-refractivity contribution in [2.45, 2.75) is 38.5 Å². The Morgan fingerprint density at radius 3 is 2.87 bits per heavy atom. The first-order chi connectivity index (χ1) is 14.4. The molecular weight excluding hydrogens is 418 g/mol. The van der Waals surface area contributed by atoms with Crippen LogP contribution in [-0.4, -0.2) is 59.1 Å². The average Bonchev–Trinajstić information content (AvgIpc) is 2.90. The van der Waals surface area contributed by atoms with Gasteiger partial charge in [-0.1, -0.05) is 23.4 Å². The van der Waals surface area contributed by atoms with Gasteiger partial charge < -0.3 is 9.64 Å². The minimum atomic E-state index is 0.123. The molecule has 0 radical (unpaired) electrons. The number of ether oxygens (including phenoxy) is 1. The van der Waals surface area contributed by atoms with Crippen LogP contribution >= 0.6 is 23.4 Å². The molecule has 2 unspecified atom stereocenters. The van der Waals surface area contributed by atoms with Crippen LogP contribution in [0.2, 0.25) is 5.02 Å². The summed E-state index contributed by atoms with van der Waals surface area (Å²) in [6.07, 6.45) is 2.96. The predicted octanol–water partition coefficient (Wildman–Crippen LogP) is 4.74. The summed E-state index contributed by atoms with van der Waals surface area (Å²) in [6, 6.07) is 8.32. The smallest absolute Gasteiger partial charge is 0.219 e. The highest BCUT2D eigenvalue weighted by Gasteiger charge is 2.30. The number of nitrogens with zero attached hydrogens (tertiary/aromatic N) is 3. The number of fused-ring (bicyclic) bond motifs is 1. The molecule has 2 aromatic rings. The van der Waals surface area contributed by atoms with E-state index in [4.69, 9.17) is 16.3 Å². The highest BCUT2D eigenvalue weighted by Crippen LogP contribution is 2.34. The quantitative estimate of drug-likeness (QED) is 0.662. The Balaban J connectivity index is 1.40. The molecule has 160 valence electrons. The molecule has 2 atom stereocenters. The summed E-state index contributed by atoms with van der Waals surface area (Å²) in [7, 11) is 0. The fourth-order valence-electron chi connectivity index (χ4n) is 4.25. The van der Waals surface area contributed by atoms with Gasteiger partial charge in [0, 0.05) is 60.1 Å². The zero-order valence-electron chi connectivity index (χ0n) is 17.7. The number of aromatic nitrogens is 1. The average molecular weight is 446 g/mol. The van der Waals surface area contributed by atoms with Crippen LogP contribution in [0.3, 0.4) is 0 Å². The van der Waals surface area contributed by atoms with E-state index in [1.807, 2.05) is 32.2 Å². The van der Waals surface area contributed by atoms with Crippen LogP contribution in [-0.2, 0) is 9.53 Å². The third kappa shape index (κ3) is 4.46. The lowest BCUT2D eigenvalue weighted by Crippen LogP contribution is -2.39. The van der Waals surface area contributed by atoms with Crippen LogP contribution in [0.4, 0.5) is 5.69 Å². The molecule has 0 bridgehead atoms. The number of halogens is 1. The van der Waals surface area contributed by atoms with Crippen molar-refractivity contribution in [3.8, 4) is 0 Å². The van der Waals surface area contributed by atoms with Gasteiger partial charge in [0.1, 0.15) is 12.4 Å². The first-order valence-corrected chi connectivity index (χ1v) is 11.8. The summed E-state index contributed by atoms with van der Waals surface area (Å²) in [6.45, 7) is 10.7. The second-order valence-corrected chi connectivity index (χ2v) is 9.81. The summed E-state index contributed by atoms with van der Waals surface area (Å²) in [5, 5.41) is 2.12. The van der Waals surface area contributed by atoms with Gasteiger partial charge in [0.05, 0.1) is 10.8 Å². The second-order valence-electron chi connectivity index (χ2n) is 8.06. The number of anilines is 1. The molecule has 0 spiro atoms. The molecule has 30 heavy (non-hydrogen) atoms. The van der Waals surface area contributed by atoms with E-state index >= 15 is 0 Å². The van der Waals surface area contributed by atoms with Crippen molar-refractivity contribution in [1.82, 2.24) is 9.88 Å². The maximum absolute atomic E-state index is 11.9. The largest absolute Gasteiger partial charge is 0.495 e.